The predicted octanol–water partition coefficient (Wildman–Crippen LogP) is 1.33. The van der Waals surface area contributed by atoms with E-state index in [9.17, 15) is 18.0 Å². The van der Waals surface area contributed by atoms with Crippen molar-refractivity contribution in [3.8, 4) is 0 Å². The van der Waals surface area contributed by atoms with Crippen molar-refractivity contribution in [3.63, 3.8) is 0 Å². The Hall–Kier alpha value is -2.09. The highest BCUT2D eigenvalue weighted by molar-refractivity contribution is 7.93. The van der Waals surface area contributed by atoms with Gasteiger partial charge in [-0.05, 0) is 30.7 Å². The van der Waals surface area contributed by atoms with Gasteiger partial charge >= 0.3 is 0 Å². The highest BCUT2D eigenvalue weighted by Crippen LogP contribution is 2.25. The lowest BCUT2D eigenvalue weighted by molar-refractivity contribution is -0.130. The van der Waals surface area contributed by atoms with Gasteiger partial charge in [0.05, 0.1) is 18.0 Å². The van der Waals surface area contributed by atoms with Gasteiger partial charge in [0.2, 0.25) is 21.8 Å². The van der Waals surface area contributed by atoms with Crippen molar-refractivity contribution >= 4 is 33.2 Å². The predicted molar refractivity (Wildman–Crippen MR) is 93.3 cm³/mol. The van der Waals surface area contributed by atoms with E-state index in [0.717, 1.165) is 0 Å². The van der Waals surface area contributed by atoms with Crippen LogP contribution in [0.15, 0.2) is 24.3 Å². The van der Waals surface area contributed by atoms with Crippen molar-refractivity contribution < 1.29 is 18.0 Å². The number of benzene rings is 1. The second-order valence-electron chi connectivity index (χ2n) is 6.77. The number of carbonyl (C=O) groups is 2. The number of nitrogens with one attached hydrogen (secondary N) is 2. The Kier molecular flexibility index (Phi) is 5.17. The summed E-state index contributed by atoms with van der Waals surface area (Å²) in [7, 11) is -3.21. The Labute approximate surface area is 142 Å². The lowest BCUT2D eigenvalue weighted by atomic mass is 9.96. The van der Waals surface area contributed by atoms with Crippen LogP contribution in [-0.4, -0.2) is 39.1 Å². The molecule has 1 fully saturated rings. The van der Waals surface area contributed by atoms with E-state index in [1.165, 1.54) is 4.31 Å². The van der Waals surface area contributed by atoms with Gasteiger partial charge in [0.1, 0.15) is 0 Å². The number of nitrogens with zero attached hydrogens (tertiary/aromatic N) is 1. The van der Waals surface area contributed by atoms with Crippen LogP contribution in [0.2, 0.25) is 0 Å². The summed E-state index contributed by atoms with van der Waals surface area (Å²) in [6.45, 7) is 5.67. The summed E-state index contributed by atoms with van der Waals surface area (Å²) in [5.74, 6) is -0.375. The molecule has 2 amide bonds. The first-order valence-corrected chi connectivity index (χ1v) is 9.39. The average Bonchev–Trinajstić information content (AvgIpc) is 2.84. The van der Waals surface area contributed by atoms with Crippen molar-refractivity contribution in [2.45, 2.75) is 27.2 Å². The van der Waals surface area contributed by atoms with Gasteiger partial charge in [-0.15, -0.1) is 0 Å². The zero-order valence-corrected chi connectivity index (χ0v) is 14.9. The van der Waals surface area contributed by atoms with Crippen molar-refractivity contribution in [1.29, 1.82) is 0 Å². The van der Waals surface area contributed by atoms with E-state index in [0.29, 0.717) is 24.3 Å². The van der Waals surface area contributed by atoms with Gasteiger partial charge in [-0.1, -0.05) is 20.8 Å². The van der Waals surface area contributed by atoms with E-state index in [2.05, 4.69) is 10.6 Å². The molecule has 0 atom stereocenters. The maximum atomic E-state index is 11.9. The summed E-state index contributed by atoms with van der Waals surface area (Å²) in [4.78, 5) is 23.6. The molecule has 2 rings (SSSR count). The highest BCUT2D eigenvalue weighted by atomic mass is 32.2. The van der Waals surface area contributed by atoms with E-state index >= 15 is 0 Å². The number of hydrogen-bond donors (Lipinski definition) is 2. The maximum Gasteiger partial charge on any atom is 0.243 e. The molecule has 0 spiro atoms. The molecular formula is C16H23N3O4S. The summed E-state index contributed by atoms with van der Waals surface area (Å²) >= 11 is 0. The van der Waals surface area contributed by atoms with Gasteiger partial charge in [-0.3, -0.25) is 13.9 Å². The zero-order valence-electron chi connectivity index (χ0n) is 14.1. The van der Waals surface area contributed by atoms with Gasteiger partial charge < -0.3 is 10.6 Å². The summed E-state index contributed by atoms with van der Waals surface area (Å²) in [6, 6.07) is 6.61. The lowest BCUT2D eigenvalue weighted by Gasteiger charge is -2.18. The first-order chi connectivity index (χ1) is 11.1. The lowest BCUT2D eigenvalue weighted by Crippen LogP contribution is -2.39. The number of rotatable bonds is 4. The van der Waals surface area contributed by atoms with Gasteiger partial charge in [0, 0.05) is 17.6 Å². The minimum absolute atomic E-state index is 0.113. The summed E-state index contributed by atoms with van der Waals surface area (Å²) in [5, 5.41) is 5.24. The first-order valence-electron chi connectivity index (χ1n) is 7.78. The standard InChI is InChI=1S/C16H23N3O4S/c1-16(2,3)15(21)17-11-14(20)18-12-5-7-13(8-6-12)19-9-4-10-24(19,22)23/h5-8H,4,9-11H2,1-3H3,(H,17,21)(H,18,20). The quantitative estimate of drug-likeness (QED) is 0.853. The van der Waals surface area contributed by atoms with Gasteiger partial charge in [-0.2, -0.15) is 0 Å². The second-order valence-corrected chi connectivity index (χ2v) is 8.78. The third-order valence-corrected chi connectivity index (χ3v) is 5.50. The Balaban J connectivity index is 1.92. The minimum Gasteiger partial charge on any atom is -0.347 e. The van der Waals surface area contributed by atoms with Crippen molar-refractivity contribution in [2.24, 2.45) is 5.41 Å². The fraction of sp³-hybridized carbons (Fsp3) is 0.500. The van der Waals surface area contributed by atoms with Crippen LogP contribution in [-0.2, 0) is 19.6 Å². The van der Waals surface area contributed by atoms with E-state index in [4.69, 9.17) is 0 Å². The summed E-state index contributed by atoms with van der Waals surface area (Å²) in [5.41, 5.74) is 0.584. The molecule has 2 N–H and O–H groups in total. The third-order valence-electron chi connectivity index (χ3n) is 3.63. The van der Waals surface area contributed by atoms with Crippen LogP contribution in [0.1, 0.15) is 27.2 Å². The van der Waals surface area contributed by atoms with Crippen LogP contribution in [0, 0.1) is 5.41 Å². The molecule has 24 heavy (non-hydrogen) atoms. The molecule has 0 aliphatic carbocycles. The van der Waals surface area contributed by atoms with Gasteiger partial charge in [0.15, 0.2) is 0 Å². The van der Waals surface area contributed by atoms with Crippen LogP contribution < -0.4 is 14.9 Å². The zero-order chi connectivity index (χ0) is 18.0. The van der Waals surface area contributed by atoms with E-state index in [1.807, 2.05) is 0 Å². The molecule has 0 unspecified atom stereocenters. The smallest absolute Gasteiger partial charge is 0.243 e. The SMILES string of the molecule is CC(C)(C)C(=O)NCC(=O)Nc1ccc(N2CCCS2(=O)=O)cc1. The molecule has 1 saturated heterocycles. The fourth-order valence-electron chi connectivity index (χ4n) is 2.27. The summed E-state index contributed by atoms with van der Waals surface area (Å²) in [6.07, 6.45) is 0.619. The van der Waals surface area contributed by atoms with E-state index in [-0.39, 0.29) is 24.1 Å². The number of sulfonamides is 1. The number of amides is 2. The molecule has 0 saturated carbocycles. The third kappa shape index (κ3) is 4.47. The molecule has 132 valence electrons. The fourth-order valence-corrected chi connectivity index (χ4v) is 3.84. The minimum atomic E-state index is -3.21. The molecule has 8 heteroatoms. The Morgan fingerprint density at radius 1 is 1.17 bits per heavy atom. The van der Waals surface area contributed by atoms with E-state index in [1.54, 1.807) is 45.0 Å². The van der Waals surface area contributed by atoms with Crippen LogP contribution in [0.3, 0.4) is 0 Å². The Morgan fingerprint density at radius 3 is 2.29 bits per heavy atom. The summed E-state index contributed by atoms with van der Waals surface area (Å²) < 4.78 is 25.1. The van der Waals surface area contributed by atoms with Gasteiger partial charge in [0.25, 0.3) is 0 Å². The van der Waals surface area contributed by atoms with Crippen molar-refractivity contribution in [2.75, 3.05) is 28.5 Å². The second kappa shape index (κ2) is 6.80. The molecular weight excluding hydrogens is 330 g/mol. The molecule has 0 bridgehead atoms. The largest absolute Gasteiger partial charge is 0.347 e. The van der Waals surface area contributed by atoms with Crippen molar-refractivity contribution in [1.82, 2.24) is 5.32 Å². The monoisotopic (exact) mass is 353 g/mol. The van der Waals surface area contributed by atoms with Crippen LogP contribution in [0.25, 0.3) is 0 Å². The number of hydrogen-bond acceptors (Lipinski definition) is 4. The molecule has 1 aliphatic heterocycles. The van der Waals surface area contributed by atoms with Crippen LogP contribution >= 0.6 is 0 Å². The van der Waals surface area contributed by atoms with Crippen molar-refractivity contribution in [3.05, 3.63) is 24.3 Å². The van der Waals surface area contributed by atoms with E-state index < -0.39 is 15.4 Å². The molecule has 1 aromatic rings. The van der Waals surface area contributed by atoms with Crippen LogP contribution in [0.5, 0.6) is 0 Å². The Bertz CT molecular complexity index is 721. The molecule has 1 aliphatic rings. The topological polar surface area (TPSA) is 95.6 Å². The molecule has 1 aromatic carbocycles. The molecule has 0 aromatic heterocycles. The normalized spacial score (nSPS) is 16.7. The molecule has 0 radical (unpaired) electrons. The highest BCUT2D eigenvalue weighted by Gasteiger charge is 2.28. The average molecular weight is 353 g/mol. The van der Waals surface area contributed by atoms with Crippen LogP contribution in [0.4, 0.5) is 11.4 Å². The maximum absolute atomic E-state index is 11.9. The number of carbonyl (C=O) groups excluding carboxylic acids is 2. The van der Waals surface area contributed by atoms with Gasteiger partial charge in [-0.25, -0.2) is 8.42 Å². The number of anilines is 2. The Morgan fingerprint density at radius 2 is 1.79 bits per heavy atom. The molecule has 1 heterocycles. The molecule has 7 nitrogen and oxygen atoms in total. The first kappa shape index (κ1) is 18.3.